The first kappa shape index (κ1) is 14.1. The van der Waals surface area contributed by atoms with Gasteiger partial charge in [0.05, 0.1) is 0 Å². The van der Waals surface area contributed by atoms with Crippen LogP contribution < -0.4 is 0 Å². The third-order valence-electron chi connectivity index (χ3n) is 3.03. The largest absolute Gasteiger partial charge is 0.0622 e. The zero-order chi connectivity index (χ0) is 14.0. The van der Waals surface area contributed by atoms with Crippen LogP contribution in [0.1, 0.15) is 16.7 Å². The highest BCUT2D eigenvalue weighted by Gasteiger charge is 1.92. The minimum absolute atomic E-state index is 1.03. The van der Waals surface area contributed by atoms with Crippen molar-refractivity contribution in [2.75, 3.05) is 0 Å². The number of benzene rings is 3. The molecule has 3 aromatic rings. The molecule has 0 bridgehead atoms. The normalized spacial score (nSPS) is 9.45. The summed E-state index contributed by atoms with van der Waals surface area (Å²) < 4.78 is 0. The van der Waals surface area contributed by atoms with Gasteiger partial charge in [0.1, 0.15) is 0 Å². The molecule has 0 N–H and O–H groups in total. The second-order valence-corrected chi connectivity index (χ2v) is 4.80. The van der Waals surface area contributed by atoms with Gasteiger partial charge in [-0.25, -0.2) is 0 Å². The van der Waals surface area contributed by atoms with E-state index >= 15 is 0 Å². The van der Waals surface area contributed by atoms with Gasteiger partial charge in [-0.05, 0) is 24.5 Å². The van der Waals surface area contributed by atoms with E-state index in [9.17, 15) is 0 Å². The summed E-state index contributed by atoms with van der Waals surface area (Å²) >= 11 is 0. The lowest BCUT2D eigenvalue weighted by molar-refractivity contribution is 1.19. The molecule has 3 rings (SSSR count). The molecule has 0 saturated heterocycles. The SMILES string of the molecule is Cc1ccccc1.c1ccc(Cc2ccccc2)cc1. The molecule has 0 heteroatoms. The lowest BCUT2D eigenvalue weighted by atomic mass is 10.1. The first-order chi connectivity index (χ1) is 9.84. The van der Waals surface area contributed by atoms with Gasteiger partial charge in [-0.3, -0.25) is 0 Å². The van der Waals surface area contributed by atoms with Crippen LogP contribution in [0.15, 0.2) is 91.0 Å². The fourth-order valence-electron chi connectivity index (χ4n) is 1.96. The van der Waals surface area contributed by atoms with Crippen LogP contribution in [0, 0.1) is 6.92 Å². The molecule has 3 aromatic carbocycles. The molecule has 0 fully saturated rings. The summed E-state index contributed by atoms with van der Waals surface area (Å²) in [6.07, 6.45) is 1.03. The van der Waals surface area contributed by atoms with E-state index in [2.05, 4.69) is 79.7 Å². The van der Waals surface area contributed by atoms with Crippen LogP contribution in [0.4, 0.5) is 0 Å². The summed E-state index contributed by atoms with van der Waals surface area (Å²) in [7, 11) is 0. The molecule has 20 heavy (non-hydrogen) atoms. The van der Waals surface area contributed by atoms with Crippen molar-refractivity contribution >= 4 is 0 Å². The van der Waals surface area contributed by atoms with E-state index < -0.39 is 0 Å². The highest BCUT2D eigenvalue weighted by Crippen LogP contribution is 2.07. The summed E-state index contributed by atoms with van der Waals surface area (Å²) in [6.45, 7) is 2.08. The molecule has 100 valence electrons. The van der Waals surface area contributed by atoms with Crippen molar-refractivity contribution in [2.24, 2.45) is 0 Å². The molecule has 0 nitrogen and oxygen atoms in total. The Hall–Kier alpha value is -2.34. The lowest BCUT2D eigenvalue weighted by Gasteiger charge is -2.00. The number of hydrogen-bond donors (Lipinski definition) is 0. The quantitative estimate of drug-likeness (QED) is 0.588. The molecular formula is C20H20. The van der Waals surface area contributed by atoms with Gasteiger partial charge in [-0.1, -0.05) is 96.6 Å². The summed E-state index contributed by atoms with van der Waals surface area (Å²) in [5, 5.41) is 0. The van der Waals surface area contributed by atoms with Crippen molar-refractivity contribution in [2.45, 2.75) is 13.3 Å². The zero-order valence-corrected chi connectivity index (χ0v) is 11.9. The molecule has 0 aliphatic heterocycles. The predicted octanol–water partition coefficient (Wildman–Crippen LogP) is 5.27. The van der Waals surface area contributed by atoms with Gasteiger partial charge in [0.2, 0.25) is 0 Å². The van der Waals surface area contributed by atoms with E-state index in [1.165, 1.54) is 16.7 Å². The molecule has 0 heterocycles. The fourth-order valence-corrected chi connectivity index (χ4v) is 1.96. The smallest absolute Gasteiger partial charge is 0.00258 e. The number of rotatable bonds is 2. The van der Waals surface area contributed by atoms with Crippen LogP contribution in [0.3, 0.4) is 0 Å². The molecule has 0 aliphatic rings. The van der Waals surface area contributed by atoms with Gasteiger partial charge in [0, 0.05) is 0 Å². The highest BCUT2D eigenvalue weighted by molar-refractivity contribution is 5.25. The van der Waals surface area contributed by atoms with Crippen LogP contribution >= 0.6 is 0 Å². The fraction of sp³-hybridized carbons (Fsp3) is 0.100. The molecule has 0 unspecified atom stereocenters. The van der Waals surface area contributed by atoms with Crippen LogP contribution in [-0.4, -0.2) is 0 Å². The topological polar surface area (TPSA) is 0 Å². The van der Waals surface area contributed by atoms with Crippen LogP contribution in [0.25, 0.3) is 0 Å². The maximum atomic E-state index is 2.16. The second-order valence-electron chi connectivity index (χ2n) is 4.80. The van der Waals surface area contributed by atoms with Gasteiger partial charge in [0.15, 0.2) is 0 Å². The van der Waals surface area contributed by atoms with Gasteiger partial charge in [-0.2, -0.15) is 0 Å². The van der Waals surface area contributed by atoms with E-state index in [0.29, 0.717) is 0 Å². The maximum absolute atomic E-state index is 2.16. The van der Waals surface area contributed by atoms with Crippen LogP contribution in [-0.2, 0) is 6.42 Å². The summed E-state index contributed by atoms with van der Waals surface area (Å²) in [6, 6.07) is 31.3. The third-order valence-corrected chi connectivity index (χ3v) is 3.03. The monoisotopic (exact) mass is 260 g/mol. The predicted molar refractivity (Wildman–Crippen MR) is 86.9 cm³/mol. The Morgan fingerprint density at radius 1 is 0.500 bits per heavy atom. The summed E-state index contributed by atoms with van der Waals surface area (Å²) in [5.41, 5.74) is 4.06. The average Bonchev–Trinajstić information content (AvgIpc) is 2.51. The minimum atomic E-state index is 1.03. The van der Waals surface area contributed by atoms with Gasteiger partial charge >= 0.3 is 0 Å². The molecule has 0 saturated carbocycles. The first-order valence-corrected chi connectivity index (χ1v) is 6.94. The summed E-state index contributed by atoms with van der Waals surface area (Å²) in [4.78, 5) is 0. The molecule has 0 radical (unpaired) electrons. The second kappa shape index (κ2) is 7.96. The van der Waals surface area contributed by atoms with Crippen molar-refractivity contribution in [1.29, 1.82) is 0 Å². The van der Waals surface area contributed by atoms with Crippen molar-refractivity contribution in [3.8, 4) is 0 Å². The Morgan fingerprint density at radius 3 is 1.15 bits per heavy atom. The third kappa shape index (κ3) is 5.11. The van der Waals surface area contributed by atoms with E-state index in [4.69, 9.17) is 0 Å². The average molecular weight is 260 g/mol. The van der Waals surface area contributed by atoms with Crippen molar-refractivity contribution in [1.82, 2.24) is 0 Å². The lowest BCUT2D eigenvalue weighted by Crippen LogP contribution is -1.85. The molecule has 0 spiro atoms. The van der Waals surface area contributed by atoms with Crippen molar-refractivity contribution < 1.29 is 0 Å². The highest BCUT2D eigenvalue weighted by atomic mass is 14.0. The standard InChI is InChI=1S/C13H12.C7H8/c1-3-7-12(8-4-1)11-13-9-5-2-6-10-13;1-7-5-3-2-4-6-7/h1-10H,11H2;2-6H,1H3. The Labute approximate surface area is 121 Å². The van der Waals surface area contributed by atoms with Crippen LogP contribution in [0.5, 0.6) is 0 Å². The Balaban J connectivity index is 0.000000178. The van der Waals surface area contributed by atoms with Gasteiger partial charge in [0.25, 0.3) is 0 Å². The first-order valence-electron chi connectivity index (χ1n) is 6.94. The van der Waals surface area contributed by atoms with E-state index in [1.807, 2.05) is 18.2 Å². The van der Waals surface area contributed by atoms with Crippen molar-refractivity contribution in [3.05, 3.63) is 108 Å². The van der Waals surface area contributed by atoms with Crippen molar-refractivity contribution in [3.63, 3.8) is 0 Å². The maximum Gasteiger partial charge on any atom is -0.00258 e. The number of hydrogen-bond acceptors (Lipinski definition) is 0. The minimum Gasteiger partial charge on any atom is -0.0622 e. The molecule has 0 aliphatic carbocycles. The summed E-state index contributed by atoms with van der Waals surface area (Å²) in [5.74, 6) is 0. The van der Waals surface area contributed by atoms with Gasteiger partial charge < -0.3 is 0 Å². The Kier molecular flexibility index (Phi) is 5.60. The van der Waals surface area contributed by atoms with Crippen LogP contribution in [0.2, 0.25) is 0 Å². The van der Waals surface area contributed by atoms with E-state index in [1.54, 1.807) is 0 Å². The Bertz CT molecular complexity index is 545. The molecule has 0 atom stereocenters. The number of aryl methyl sites for hydroxylation is 1. The van der Waals surface area contributed by atoms with Gasteiger partial charge in [-0.15, -0.1) is 0 Å². The van der Waals surface area contributed by atoms with E-state index in [-0.39, 0.29) is 0 Å². The molecular weight excluding hydrogens is 240 g/mol. The zero-order valence-electron chi connectivity index (χ0n) is 11.9. The van der Waals surface area contributed by atoms with E-state index in [0.717, 1.165) is 6.42 Å². The Morgan fingerprint density at radius 2 is 0.850 bits per heavy atom. The molecule has 0 aromatic heterocycles. The molecule has 0 amide bonds.